The molecular formula is C12H25NO2. The van der Waals surface area contributed by atoms with Gasteiger partial charge in [0.1, 0.15) is 5.60 Å². The first-order chi connectivity index (χ1) is 6.51. The quantitative estimate of drug-likeness (QED) is 0.734. The molecule has 0 bridgehead atoms. The van der Waals surface area contributed by atoms with Crippen molar-refractivity contribution in [3.63, 3.8) is 0 Å². The van der Waals surface area contributed by atoms with E-state index in [1.165, 1.54) is 0 Å². The van der Waals surface area contributed by atoms with Crippen molar-refractivity contribution in [3.05, 3.63) is 0 Å². The zero-order valence-electron chi connectivity index (χ0n) is 11.1. The molecule has 3 nitrogen and oxygen atoms in total. The summed E-state index contributed by atoms with van der Waals surface area (Å²) in [5.74, 6) is -0.247. The molecule has 0 saturated carbocycles. The molecule has 0 aromatic rings. The Hall–Kier alpha value is -0.570. The molecule has 15 heavy (non-hydrogen) atoms. The van der Waals surface area contributed by atoms with Crippen LogP contribution in [0.5, 0.6) is 0 Å². The van der Waals surface area contributed by atoms with Crippen LogP contribution in [0, 0.1) is 5.92 Å². The highest BCUT2D eigenvalue weighted by molar-refractivity contribution is 5.72. The molecule has 0 aromatic carbocycles. The molecule has 0 amide bonds. The maximum atomic E-state index is 11.6. The highest BCUT2D eigenvalue weighted by Gasteiger charge is 2.22. The molecule has 1 atom stereocenters. The van der Waals surface area contributed by atoms with Crippen LogP contribution in [0.2, 0.25) is 0 Å². The van der Waals surface area contributed by atoms with Crippen LogP contribution in [0.1, 0.15) is 48.5 Å². The Balaban J connectivity index is 4.01. The monoisotopic (exact) mass is 215 g/mol. The zero-order chi connectivity index (χ0) is 12.3. The Morgan fingerprint density at radius 3 is 2.00 bits per heavy atom. The molecule has 0 heterocycles. The standard InChI is InChI=1S/C12H25NO2/c1-9(8-13-11(2,3)4)10(14)15-12(5,6)7/h9,13H,8H2,1-7H3/t9-/m1/s1. The Labute approximate surface area is 93.6 Å². The molecule has 0 aliphatic rings. The molecule has 0 aromatic heterocycles. The van der Waals surface area contributed by atoms with Gasteiger partial charge in [-0.3, -0.25) is 4.79 Å². The third-order valence-corrected chi connectivity index (χ3v) is 1.75. The molecule has 0 rings (SSSR count). The second kappa shape index (κ2) is 4.97. The summed E-state index contributed by atoms with van der Waals surface area (Å²) in [6.45, 7) is 14.4. The minimum absolute atomic E-state index is 0.0380. The Morgan fingerprint density at radius 1 is 1.20 bits per heavy atom. The van der Waals surface area contributed by atoms with Gasteiger partial charge in [0.25, 0.3) is 0 Å². The van der Waals surface area contributed by atoms with Crippen LogP contribution in [0.4, 0.5) is 0 Å². The molecule has 1 N–H and O–H groups in total. The average molecular weight is 215 g/mol. The van der Waals surface area contributed by atoms with Crippen molar-refractivity contribution in [2.45, 2.75) is 59.6 Å². The lowest BCUT2D eigenvalue weighted by atomic mass is 10.1. The van der Waals surface area contributed by atoms with E-state index < -0.39 is 5.60 Å². The summed E-state index contributed by atoms with van der Waals surface area (Å²) in [5, 5.41) is 3.29. The topological polar surface area (TPSA) is 38.3 Å². The van der Waals surface area contributed by atoms with E-state index in [1.807, 2.05) is 27.7 Å². The van der Waals surface area contributed by atoms with E-state index in [0.717, 1.165) is 0 Å². The molecule has 0 radical (unpaired) electrons. The van der Waals surface area contributed by atoms with Crippen molar-refractivity contribution >= 4 is 5.97 Å². The molecule has 3 heteroatoms. The highest BCUT2D eigenvalue weighted by atomic mass is 16.6. The van der Waals surface area contributed by atoms with E-state index in [9.17, 15) is 4.79 Å². The van der Waals surface area contributed by atoms with Crippen LogP contribution in [0.3, 0.4) is 0 Å². The first-order valence-electron chi connectivity index (χ1n) is 5.49. The van der Waals surface area contributed by atoms with Crippen molar-refractivity contribution in [1.29, 1.82) is 0 Å². The summed E-state index contributed by atoms with van der Waals surface area (Å²) < 4.78 is 5.29. The number of nitrogens with one attached hydrogen (secondary N) is 1. The second-order valence-corrected chi connectivity index (χ2v) is 6.07. The van der Waals surface area contributed by atoms with Crippen LogP contribution >= 0.6 is 0 Å². The van der Waals surface area contributed by atoms with E-state index in [2.05, 4.69) is 26.1 Å². The van der Waals surface area contributed by atoms with E-state index in [4.69, 9.17) is 4.74 Å². The zero-order valence-corrected chi connectivity index (χ0v) is 11.1. The number of hydrogen-bond acceptors (Lipinski definition) is 3. The lowest BCUT2D eigenvalue weighted by molar-refractivity contribution is -0.159. The molecule has 90 valence electrons. The van der Waals surface area contributed by atoms with Crippen LogP contribution in [-0.2, 0) is 9.53 Å². The molecule has 0 unspecified atom stereocenters. The van der Waals surface area contributed by atoms with Crippen molar-refractivity contribution in [2.75, 3.05) is 6.54 Å². The summed E-state index contributed by atoms with van der Waals surface area (Å²) in [6, 6.07) is 0. The third kappa shape index (κ3) is 8.43. The van der Waals surface area contributed by atoms with E-state index in [0.29, 0.717) is 6.54 Å². The van der Waals surface area contributed by atoms with Gasteiger partial charge in [0, 0.05) is 12.1 Å². The summed E-state index contributed by atoms with van der Waals surface area (Å²) >= 11 is 0. The lowest BCUT2D eigenvalue weighted by Gasteiger charge is -2.25. The van der Waals surface area contributed by atoms with Crippen LogP contribution in [-0.4, -0.2) is 23.7 Å². The number of esters is 1. The van der Waals surface area contributed by atoms with Gasteiger partial charge in [-0.15, -0.1) is 0 Å². The fourth-order valence-corrected chi connectivity index (χ4v) is 0.945. The predicted molar refractivity (Wildman–Crippen MR) is 62.8 cm³/mol. The van der Waals surface area contributed by atoms with Crippen LogP contribution < -0.4 is 5.32 Å². The van der Waals surface area contributed by atoms with Gasteiger partial charge in [-0.2, -0.15) is 0 Å². The molecule has 0 saturated heterocycles. The third-order valence-electron chi connectivity index (χ3n) is 1.75. The summed E-state index contributed by atoms with van der Waals surface area (Å²) in [7, 11) is 0. The predicted octanol–water partition coefficient (Wildman–Crippen LogP) is 2.35. The van der Waals surface area contributed by atoms with Gasteiger partial charge in [0.15, 0.2) is 0 Å². The van der Waals surface area contributed by atoms with Crippen molar-refractivity contribution < 1.29 is 9.53 Å². The SMILES string of the molecule is C[C@H](CNC(C)(C)C)C(=O)OC(C)(C)C. The highest BCUT2D eigenvalue weighted by Crippen LogP contribution is 2.11. The number of carbonyl (C=O) groups is 1. The van der Waals surface area contributed by atoms with Crippen molar-refractivity contribution in [2.24, 2.45) is 5.92 Å². The normalized spacial score (nSPS) is 14.9. The molecular weight excluding hydrogens is 190 g/mol. The van der Waals surface area contributed by atoms with Gasteiger partial charge in [0.2, 0.25) is 0 Å². The van der Waals surface area contributed by atoms with E-state index >= 15 is 0 Å². The van der Waals surface area contributed by atoms with Gasteiger partial charge in [-0.1, -0.05) is 6.92 Å². The molecule has 0 aliphatic carbocycles. The van der Waals surface area contributed by atoms with Gasteiger partial charge >= 0.3 is 5.97 Å². The Morgan fingerprint density at radius 2 is 1.67 bits per heavy atom. The molecule has 0 spiro atoms. The van der Waals surface area contributed by atoms with E-state index in [-0.39, 0.29) is 17.4 Å². The number of rotatable bonds is 3. The number of hydrogen-bond donors (Lipinski definition) is 1. The van der Waals surface area contributed by atoms with Gasteiger partial charge in [-0.25, -0.2) is 0 Å². The summed E-state index contributed by atoms with van der Waals surface area (Å²) in [6.07, 6.45) is 0. The van der Waals surface area contributed by atoms with Gasteiger partial charge in [0.05, 0.1) is 5.92 Å². The van der Waals surface area contributed by atoms with Gasteiger partial charge in [-0.05, 0) is 41.5 Å². The smallest absolute Gasteiger partial charge is 0.310 e. The van der Waals surface area contributed by atoms with Gasteiger partial charge < -0.3 is 10.1 Å². The van der Waals surface area contributed by atoms with Crippen molar-refractivity contribution in [1.82, 2.24) is 5.32 Å². The van der Waals surface area contributed by atoms with Crippen molar-refractivity contribution in [3.8, 4) is 0 Å². The number of ether oxygens (including phenoxy) is 1. The second-order valence-electron chi connectivity index (χ2n) is 6.07. The Kier molecular flexibility index (Phi) is 4.78. The lowest BCUT2D eigenvalue weighted by Crippen LogP contribution is -2.41. The minimum atomic E-state index is -0.396. The maximum absolute atomic E-state index is 11.6. The Bertz CT molecular complexity index is 211. The summed E-state index contributed by atoms with van der Waals surface area (Å²) in [5.41, 5.74) is -0.358. The minimum Gasteiger partial charge on any atom is -0.460 e. The summed E-state index contributed by atoms with van der Waals surface area (Å²) in [4.78, 5) is 11.6. The first-order valence-corrected chi connectivity index (χ1v) is 5.49. The van der Waals surface area contributed by atoms with Crippen LogP contribution in [0.25, 0.3) is 0 Å². The van der Waals surface area contributed by atoms with E-state index in [1.54, 1.807) is 0 Å². The fourth-order valence-electron chi connectivity index (χ4n) is 0.945. The average Bonchev–Trinajstić information content (AvgIpc) is 1.95. The maximum Gasteiger partial charge on any atom is 0.310 e. The first kappa shape index (κ1) is 14.4. The van der Waals surface area contributed by atoms with Crippen LogP contribution in [0.15, 0.2) is 0 Å². The number of carbonyl (C=O) groups excluding carboxylic acids is 1. The fraction of sp³-hybridized carbons (Fsp3) is 0.917. The molecule has 0 aliphatic heterocycles. The molecule has 0 fully saturated rings. The largest absolute Gasteiger partial charge is 0.460 e.